The van der Waals surface area contributed by atoms with E-state index in [1.165, 1.54) is 0 Å². The minimum absolute atomic E-state index is 0.0230. The van der Waals surface area contributed by atoms with Gasteiger partial charge in [-0.3, -0.25) is 9.59 Å². The average molecular weight is 279 g/mol. The van der Waals surface area contributed by atoms with Crippen LogP contribution in [0.25, 0.3) is 0 Å². The summed E-state index contributed by atoms with van der Waals surface area (Å²) in [6.07, 6.45) is 3.97. The monoisotopic (exact) mass is 279 g/mol. The number of imidazole rings is 1. The van der Waals surface area contributed by atoms with Crippen LogP contribution in [0.5, 0.6) is 0 Å². The Bertz CT molecular complexity index is 502. The number of carbonyl (C=O) groups excluding carboxylic acids is 2. The number of carbonyl (C=O) groups is 2. The Kier molecular flexibility index (Phi) is 4.11. The van der Waals surface area contributed by atoms with Gasteiger partial charge in [0.05, 0.1) is 13.0 Å². The molecule has 0 saturated carbocycles. The van der Waals surface area contributed by atoms with Gasteiger partial charge in [-0.15, -0.1) is 0 Å². The Hall–Kier alpha value is -1.85. The predicted octanol–water partition coefficient (Wildman–Crippen LogP) is 1.35. The molecule has 20 heavy (non-hydrogen) atoms. The molecule has 0 N–H and O–H groups in total. The fourth-order valence-corrected chi connectivity index (χ4v) is 2.15. The summed E-state index contributed by atoms with van der Waals surface area (Å²) in [5, 5.41) is 0. The van der Waals surface area contributed by atoms with Crippen LogP contribution in [0.3, 0.4) is 0 Å². The summed E-state index contributed by atoms with van der Waals surface area (Å²) < 4.78 is 7.23. The second-order valence-corrected chi connectivity index (χ2v) is 5.94. The smallest absolute Gasteiger partial charge is 0.306 e. The molecule has 6 heteroatoms. The summed E-state index contributed by atoms with van der Waals surface area (Å²) in [6, 6.07) is 0. The fourth-order valence-electron chi connectivity index (χ4n) is 2.15. The van der Waals surface area contributed by atoms with E-state index in [0.717, 1.165) is 12.4 Å². The van der Waals surface area contributed by atoms with Gasteiger partial charge in [-0.25, -0.2) is 4.98 Å². The molecule has 110 valence electrons. The maximum atomic E-state index is 12.1. The molecule has 0 atom stereocenters. The molecular formula is C14H21N3O3. The van der Waals surface area contributed by atoms with Crippen LogP contribution in [0.1, 0.15) is 39.4 Å². The third-order valence-corrected chi connectivity index (χ3v) is 3.06. The van der Waals surface area contributed by atoms with Gasteiger partial charge in [0.1, 0.15) is 11.4 Å². The maximum Gasteiger partial charge on any atom is 0.306 e. The van der Waals surface area contributed by atoms with Gasteiger partial charge in [0.25, 0.3) is 0 Å². The third kappa shape index (κ3) is 3.82. The topological polar surface area (TPSA) is 64.4 Å². The summed E-state index contributed by atoms with van der Waals surface area (Å²) in [7, 11) is 0. The normalized spacial score (nSPS) is 14.8. The molecule has 6 nitrogen and oxygen atoms in total. The molecule has 2 rings (SSSR count). The van der Waals surface area contributed by atoms with Crippen molar-refractivity contribution in [3.63, 3.8) is 0 Å². The Morgan fingerprint density at radius 2 is 2.05 bits per heavy atom. The number of esters is 1. The Morgan fingerprint density at radius 3 is 2.75 bits per heavy atom. The van der Waals surface area contributed by atoms with Gasteiger partial charge in [0.2, 0.25) is 5.91 Å². The van der Waals surface area contributed by atoms with Crippen molar-refractivity contribution in [3.05, 3.63) is 18.2 Å². The molecule has 0 aliphatic carbocycles. The number of hydrogen-bond donors (Lipinski definition) is 0. The zero-order valence-electron chi connectivity index (χ0n) is 12.3. The van der Waals surface area contributed by atoms with Crippen LogP contribution in [0.15, 0.2) is 12.4 Å². The summed E-state index contributed by atoms with van der Waals surface area (Å²) >= 11 is 0. The second kappa shape index (κ2) is 5.64. The highest BCUT2D eigenvalue weighted by Gasteiger charge is 2.23. The predicted molar refractivity (Wildman–Crippen MR) is 72.7 cm³/mol. The second-order valence-electron chi connectivity index (χ2n) is 5.94. The minimum atomic E-state index is -0.504. The standard InChI is InChI=1S/C14H21N3O3/c1-14(2,3)20-13(19)5-4-12(18)17-9-8-16-7-6-15-11(16)10-17/h6-7H,4-5,8-10H2,1-3H3. The van der Waals surface area contributed by atoms with Crippen molar-refractivity contribution in [2.75, 3.05) is 6.54 Å². The number of amides is 1. The van der Waals surface area contributed by atoms with Crippen LogP contribution in [0, 0.1) is 0 Å². The van der Waals surface area contributed by atoms with Gasteiger partial charge in [-0.05, 0) is 20.8 Å². The number of ether oxygens (including phenoxy) is 1. The van der Waals surface area contributed by atoms with E-state index in [4.69, 9.17) is 4.74 Å². The van der Waals surface area contributed by atoms with Crippen molar-refractivity contribution in [2.45, 2.75) is 52.3 Å². The van der Waals surface area contributed by atoms with Crippen molar-refractivity contribution in [3.8, 4) is 0 Å². The molecule has 0 saturated heterocycles. The molecule has 0 radical (unpaired) electrons. The van der Waals surface area contributed by atoms with E-state index in [1.54, 1.807) is 11.1 Å². The summed E-state index contributed by atoms with van der Waals surface area (Å²) in [5.74, 6) is 0.538. The molecule has 2 heterocycles. The molecule has 1 aliphatic rings. The Labute approximate surface area is 118 Å². The van der Waals surface area contributed by atoms with Crippen molar-refractivity contribution < 1.29 is 14.3 Å². The zero-order valence-corrected chi connectivity index (χ0v) is 12.3. The highest BCUT2D eigenvalue weighted by molar-refractivity contribution is 5.81. The van der Waals surface area contributed by atoms with Gasteiger partial charge in [0, 0.05) is 31.9 Å². The molecule has 0 aromatic carbocycles. The number of hydrogen-bond acceptors (Lipinski definition) is 4. The van der Waals surface area contributed by atoms with Gasteiger partial charge < -0.3 is 14.2 Å². The molecule has 0 unspecified atom stereocenters. The lowest BCUT2D eigenvalue weighted by molar-refractivity contribution is -0.156. The molecule has 1 aromatic rings. The van der Waals surface area contributed by atoms with Crippen LogP contribution in [0.4, 0.5) is 0 Å². The van der Waals surface area contributed by atoms with Crippen LogP contribution in [0.2, 0.25) is 0 Å². The molecule has 0 fully saturated rings. The van der Waals surface area contributed by atoms with E-state index in [2.05, 4.69) is 4.98 Å². The van der Waals surface area contributed by atoms with E-state index in [0.29, 0.717) is 13.1 Å². The Balaban J connectivity index is 1.80. The summed E-state index contributed by atoms with van der Waals surface area (Å²) in [6.45, 7) is 7.38. The third-order valence-electron chi connectivity index (χ3n) is 3.06. The first kappa shape index (κ1) is 14.6. The number of nitrogens with zero attached hydrogens (tertiary/aromatic N) is 3. The van der Waals surface area contributed by atoms with E-state index < -0.39 is 5.60 Å². The van der Waals surface area contributed by atoms with Crippen molar-refractivity contribution in [2.24, 2.45) is 0 Å². The van der Waals surface area contributed by atoms with Crippen molar-refractivity contribution in [1.29, 1.82) is 0 Å². The highest BCUT2D eigenvalue weighted by atomic mass is 16.6. The van der Waals surface area contributed by atoms with E-state index in [9.17, 15) is 9.59 Å². The molecule has 0 spiro atoms. The van der Waals surface area contributed by atoms with Crippen LogP contribution < -0.4 is 0 Å². The Morgan fingerprint density at radius 1 is 1.30 bits per heavy atom. The lowest BCUT2D eigenvalue weighted by Gasteiger charge is -2.27. The van der Waals surface area contributed by atoms with E-state index in [-0.39, 0.29) is 24.7 Å². The average Bonchev–Trinajstić information content (AvgIpc) is 2.80. The van der Waals surface area contributed by atoms with Gasteiger partial charge in [0.15, 0.2) is 0 Å². The lowest BCUT2D eigenvalue weighted by atomic mass is 10.2. The van der Waals surface area contributed by atoms with E-state index >= 15 is 0 Å². The van der Waals surface area contributed by atoms with Crippen molar-refractivity contribution >= 4 is 11.9 Å². The van der Waals surface area contributed by atoms with Crippen LogP contribution in [-0.4, -0.2) is 38.5 Å². The number of rotatable bonds is 3. The van der Waals surface area contributed by atoms with Crippen LogP contribution >= 0.6 is 0 Å². The fraction of sp³-hybridized carbons (Fsp3) is 0.643. The largest absolute Gasteiger partial charge is 0.460 e. The first-order valence-corrected chi connectivity index (χ1v) is 6.85. The van der Waals surface area contributed by atoms with E-state index in [1.807, 2.05) is 31.5 Å². The zero-order chi connectivity index (χ0) is 14.8. The maximum absolute atomic E-state index is 12.1. The highest BCUT2D eigenvalue weighted by Crippen LogP contribution is 2.13. The number of aromatic nitrogens is 2. The molecule has 1 aliphatic heterocycles. The van der Waals surface area contributed by atoms with Gasteiger partial charge in [-0.1, -0.05) is 0 Å². The number of fused-ring (bicyclic) bond motifs is 1. The van der Waals surface area contributed by atoms with Gasteiger partial charge >= 0.3 is 5.97 Å². The SMILES string of the molecule is CC(C)(C)OC(=O)CCC(=O)N1CCn2ccnc2C1. The first-order valence-electron chi connectivity index (χ1n) is 6.85. The quantitative estimate of drug-likeness (QED) is 0.783. The molecule has 1 aromatic heterocycles. The van der Waals surface area contributed by atoms with Gasteiger partial charge in [-0.2, -0.15) is 0 Å². The molecule has 1 amide bonds. The summed E-state index contributed by atoms with van der Waals surface area (Å²) in [4.78, 5) is 29.6. The molecule has 0 bridgehead atoms. The summed E-state index contributed by atoms with van der Waals surface area (Å²) in [5.41, 5.74) is -0.504. The lowest BCUT2D eigenvalue weighted by Crippen LogP contribution is -2.38. The minimum Gasteiger partial charge on any atom is -0.460 e. The molecular weight excluding hydrogens is 258 g/mol. The first-order chi connectivity index (χ1) is 9.35. The van der Waals surface area contributed by atoms with Crippen LogP contribution in [-0.2, 0) is 27.4 Å². The van der Waals surface area contributed by atoms with Crippen molar-refractivity contribution in [1.82, 2.24) is 14.5 Å².